The molecule has 0 aromatic heterocycles. The Morgan fingerprint density at radius 3 is 3.06 bits per heavy atom. The number of hydrogen-bond acceptors (Lipinski definition) is 4. The van der Waals surface area contributed by atoms with Crippen molar-refractivity contribution in [1.29, 1.82) is 0 Å². The third kappa shape index (κ3) is 3.23. The van der Waals surface area contributed by atoms with Gasteiger partial charge in [-0.05, 0) is 38.4 Å². The van der Waals surface area contributed by atoms with E-state index in [9.17, 15) is 4.79 Å². The molecule has 4 heteroatoms. The number of nitrogens with one attached hydrogen (secondary N) is 2. The summed E-state index contributed by atoms with van der Waals surface area (Å²) in [4.78, 5) is 11.8. The van der Waals surface area contributed by atoms with Crippen molar-refractivity contribution in [1.82, 2.24) is 5.32 Å². The minimum Gasteiger partial charge on any atom is -0.462 e. The Balaban J connectivity index is 2.00. The van der Waals surface area contributed by atoms with Crippen molar-refractivity contribution in [3.8, 4) is 0 Å². The van der Waals surface area contributed by atoms with Gasteiger partial charge in [-0.1, -0.05) is 12.1 Å². The van der Waals surface area contributed by atoms with Crippen LogP contribution in [-0.4, -0.2) is 31.7 Å². The summed E-state index contributed by atoms with van der Waals surface area (Å²) in [6.45, 7) is 4.15. The first-order valence-electron chi connectivity index (χ1n) is 6.54. The van der Waals surface area contributed by atoms with E-state index in [4.69, 9.17) is 4.74 Å². The lowest BCUT2D eigenvalue weighted by atomic mass is 10.1. The maximum atomic E-state index is 11.8. The van der Waals surface area contributed by atoms with Gasteiger partial charge in [-0.15, -0.1) is 0 Å². The van der Waals surface area contributed by atoms with E-state index >= 15 is 0 Å². The standard InChI is InChI=1S/C14H20N2O2/c1-2-18-14(17)12-7-3-4-8-13(12)16-10-11-6-5-9-15-11/h3-4,7-8,11,15-16H,2,5-6,9-10H2,1H3. The van der Waals surface area contributed by atoms with E-state index in [1.165, 1.54) is 12.8 Å². The highest BCUT2D eigenvalue weighted by Gasteiger charge is 2.16. The van der Waals surface area contributed by atoms with E-state index < -0.39 is 0 Å². The second kappa shape index (κ2) is 6.40. The summed E-state index contributed by atoms with van der Waals surface area (Å²) >= 11 is 0. The molecule has 1 unspecified atom stereocenters. The van der Waals surface area contributed by atoms with Gasteiger partial charge in [0.2, 0.25) is 0 Å². The summed E-state index contributed by atoms with van der Waals surface area (Å²) in [5.41, 5.74) is 1.46. The number of carbonyl (C=O) groups excluding carboxylic acids is 1. The molecule has 18 heavy (non-hydrogen) atoms. The molecular weight excluding hydrogens is 228 g/mol. The van der Waals surface area contributed by atoms with Crippen LogP contribution in [0.25, 0.3) is 0 Å². The highest BCUT2D eigenvalue weighted by Crippen LogP contribution is 2.17. The van der Waals surface area contributed by atoms with Gasteiger partial charge in [-0.3, -0.25) is 0 Å². The molecule has 0 amide bonds. The third-order valence-electron chi connectivity index (χ3n) is 3.12. The number of para-hydroxylation sites is 1. The SMILES string of the molecule is CCOC(=O)c1ccccc1NCC1CCCN1. The van der Waals surface area contributed by atoms with E-state index in [-0.39, 0.29) is 5.97 Å². The molecule has 1 aromatic rings. The number of carbonyl (C=O) groups is 1. The maximum absolute atomic E-state index is 11.8. The molecule has 1 heterocycles. The van der Waals surface area contributed by atoms with Crippen LogP contribution >= 0.6 is 0 Å². The van der Waals surface area contributed by atoms with Gasteiger partial charge < -0.3 is 15.4 Å². The molecule has 2 N–H and O–H groups in total. The van der Waals surface area contributed by atoms with Gasteiger partial charge in [0.15, 0.2) is 0 Å². The lowest BCUT2D eigenvalue weighted by Crippen LogP contribution is -2.29. The van der Waals surface area contributed by atoms with Crippen molar-refractivity contribution in [2.75, 3.05) is 25.0 Å². The number of rotatable bonds is 5. The highest BCUT2D eigenvalue weighted by molar-refractivity contribution is 5.95. The van der Waals surface area contributed by atoms with Crippen LogP contribution in [0.4, 0.5) is 5.69 Å². The van der Waals surface area contributed by atoms with Gasteiger partial charge in [-0.2, -0.15) is 0 Å². The first kappa shape index (κ1) is 12.9. The first-order valence-corrected chi connectivity index (χ1v) is 6.54. The summed E-state index contributed by atoms with van der Waals surface area (Å²) in [6, 6.07) is 7.99. The molecule has 98 valence electrons. The van der Waals surface area contributed by atoms with Crippen molar-refractivity contribution in [2.24, 2.45) is 0 Å². The Bertz CT molecular complexity index is 401. The van der Waals surface area contributed by atoms with E-state index in [0.29, 0.717) is 18.2 Å². The number of hydrogen-bond donors (Lipinski definition) is 2. The number of anilines is 1. The van der Waals surface area contributed by atoms with Crippen LogP contribution in [-0.2, 0) is 4.74 Å². The second-order valence-electron chi connectivity index (χ2n) is 4.44. The van der Waals surface area contributed by atoms with Crippen molar-refractivity contribution in [3.05, 3.63) is 29.8 Å². The molecule has 1 aliphatic rings. The summed E-state index contributed by atoms with van der Waals surface area (Å²) < 4.78 is 5.05. The second-order valence-corrected chi connectivity index (χ2v) is 4.44. The zero-order valence-corrected chi connectivity index (χ0v) is 10.7. The van der Waals surface area contributed by atoms with Crippen molar-refractivity contribution in [3.63, 3.8) is 0 Å². The van der Waals surface area contributed by atoms with Crippen molar-refractivity contribution in [2.45, 2.75) is 25.8 Å². The molecule has 4 nitrogen and oxygen atoms in total. The smallest absolute Gasteiger partial charge is 0.340 e. The largest absolute Gasteiger partial charge is 0.462 e. The van der Waals surface area contributed by atoms with Gasteiger partial charge in [0.1, 0.15) is 0 Å². The zero-order chi connectivity index (χ0) is 12.8. The van der Waals surface area contributed by atoms with Crippen LogP contribution in [0.15, 0.2) is 24.3 Å². The molecule has 1 aliphatic heterocycles. The van der Waals surface area contributed by atoms with Gasteiger partial charge in [0, 0.05) is 18.3 Å². The maximum Gasteiger partial charge on any atom is 0.340 e. The molecule has 0 saturated carbocycles. The van der Waals surface area contributed by atoms with Gasteiger partial charge in [0.05, 0.1) is 12.2 Å². The summed E-state index contributed by atoms with van der Waals surface area (Å²) in [7, 11) is 0. The monoisotopic (exact) mass is 248 g/mol. The van der Waals surface area contributed by atoms with Gasteiger partial charge >= 0.3 is 5.97 Å². The molecular formula is C14H20N2O2. The molecule has 1 atom stereocenters. The van der Waals surface area contributed by atoms with E-state index in [1.54, 1.807) is 6.07 Å². The van der Waals surface area contributed by atoms with Crippen LogP contribution in [0, 0.1) is 0 Å². The molecule has 0 bridgehead atoms. The Morgan fingerprint density at radius 2 is 2.33 bits per heavy atom. The molecule has 1 saturated heterocycles. The molecule has 2 rings (SSSR count). The van der Waals surface area contributed by atoms with E-state index in [2.05, 4.69) is 10.6 Å². The molecule has 1 fully saturated rings. The number of benzene rings is 1. The summed E-state index contributed by atoms with van der Waals surface area (Å²) in [5.74, 6) is -0.264. The van der Waals surface area contributed by atoms with Gasteiger partial charge in [0.25, 0.3) is 0 Å². The molecule has 0 radical (unpaired) electrons. The van der Waals surface area contributed by atoms with Crippen molar-refractivity contribution >= 4 is 11.7 Å². The third-order valence-corrected chi connectivity index (χ3v) is 3.12. The van der Waals surface area contributed by atoms with Crippen LogP contribution in [0.5, 0.6) is 0 Å². The minimum absolute atomic E-state index is 0.264. The summed E-state index contributed by atoms with van der Waals surface area (Å²) in [5, 5.41) is 6.75. The molecule has 1 aromatic carbocycles. The normalized spacial score (nSPS) is 18.6. The summed E-state index contributed by atoms with van der Waals surface area (Å²) in [6.07, 6.45) is 2.42. The van der Waals surface area contributed by atoms with Gasteiger partial charge in [-0.25, -0.2) is 4.79 Å². The first-order chi connectivity index (χ1) is 8.81. The van der Waals surface area contributed by atoms with E-state index in [1.807, 2.05) is 25.1 Å². The Morgan fingerprint density at radius 1 is 1.50 bits per heavy atom. The molecule has 0 spiro atoms. The average molecular weight is 248 g/mol. The Hall–Kier alpha value is -1.55. The van der Waals surface area contributed by atoms with Crippen LogP contribution in [0.3, 0.4) is 0 Å². The lowest BCUT2D eigenvalue weighted by Gasteiger charge is -2.15. The number of ether oxygens (including phenoxy) is 1. The fourth-order valence-electron chi connectivity index (χ4n) is 2.19. The van der Waals surface area contributed by atoms with Crippen LogP contribution < -0.4 is 10.6 Å². The Labute approximate surface area is 108 Å². The quantitative estimate of drug-likeness (QED) is 0.783. The van der Waals surface area contributed by atoms with Crippen molar-refractivity contribution < 1.29 is 9.53 Å². The van der Waals surface area contributed by atoms with Crippen LogP contribution in [0.2, 0.25) is 0 Å². The topological polar surface area (TPSA) is 50.4 Å². The van der Waals surface area contributed by atoms with E-state index in [0.717, 1.165) is 18.8 Å². The fraction of sp³-hybridized carbons (Fsp3) is 0.500. The Kier molecular flexibility index (Phi) is 4.59. The minimum atomic E-state index is -0.264. The number of esters is 1. The fourth-order valence-corrected chi connectivity index (χ4v) is 2.19. The average Bonchev–Trinajstić information content (AvgIpc) is 2.90. The molecule has 0 aliphatic carbocycles. The highest BCUT2D eigenvalue weighted by atomic mass is 16.5. The predicted octanol–water partition coefficient (Wildman–Crippen LogP) is 2.03. The lowest BCUT2D eigenvalue weighted by molar-refractivity contribution is 0.0527. The zero-order valence-electron chi connectivity index (χ0n) is 10.7. The van der Waals surface area contributed by atoms with Crippen LogP contribution in [0.1, 0.15) is 30.1 Å². The predicted molar refractivity (Wildman–Crippen MR) is 71.9 cm³/mol.